The lowest BCUT2D eigenvalue weighted by atomic mass is 9.93. The lowest BCUT2D eigenvalue weighted by molar-refractivity contribution is -0.0498. The third-order valence-electron chi connectivity index (χ3n) is 4.07. The number of fused-ring (bicyclic) bond motifs is 1. The highest BCUT2D eigenvalue weighted by Gasteiger charge is 2.49. The zero-order chi connectivity index (χ0) is 15.0. The van der Waals surface area contributed by atoms with Crippen molar-refractivity contribution in [2.24, 2.45) is 0 Å². The molecule has 108 valence electrons. The molecule has 1 aliphatic rings. The first-order valence-corrected chi connectivity index (χ1v) is 7.30. The molecule has 0 aliphatic carbocycles. The van der Waals surface area contributed by atoms with E-state index in [9.17, 15) is 9.90 Å². The van der Waals surface area contributed by atoms with Crippen LogP contribution in [0.5, 0.6) is 0 Å². The summed E-state index contributed by atoms with van der Waals surface area (Å²) in [6.45, 7) is 4.54. The maximum atomic E-state index is 12.6. The van der Waals surface area contributed by atoms with E-state index in [-0.39, 0.29) is 5.91 Å². The van der Waals surface area contributed by atoms with Crippen LogP contribution in [0.25, 0.3) is 0 Å². The van der Waals surface area contributed by atoms with Gasteiger partial charge in [-0.1, -0.05) is 55.0 Å². The molecule has 21 heavy (non-hydrogen) atoms. The average molecular weight is 281 g/mol. The van der Waals surface area contributed by atoms with Crippen molar-refractivity contribution in [2.45, 2.75) is 26.0 Å². The summed E-state index contributed by atoms with van der Waals surface area (Å²) in [6, 6.07) is 15.0. The van der Waals surface area contributed by atoms with E-state index in [2.05, 4.69) is 0 Å². The van der Waals surface area contributed by atoms with E-state index < -0.39 is 5.72 Å². The third-order valence-corrected chi connectivity index (χ3v) is 4.07. The van der Waals surface area contributed by atoms with Gasteiger partial charge in [0.25, 0.3) is 5.91 Å². The van der Waals surface area contributed by atoms with Crippen molar-refractivity contribution >= 4 is 5.91 Å². The van der Waals surface area contributed by atoms with Crippen LogP contribution in [0.1, 0.15) is 40.4 Å². The Morgan fingerprint density at radius 1 is 1.10 bits per heavy atom. The number of carbonyl (C=O) groups excluding carboxylic acids is 1. The predicted octanol–water partition coefficient (Wildman–Crippen LogP) is 3.05. The third kappa shape index (κ3) is 1.96. The van der Waals surface area contributed by atoms with E-state index in [1.54, 1.807) is 11.0 Å². The van der Waals surface area contributed by atoms with Crippen LogP contribution >= 0.6 is 0 Å². The molecular weight excluding hydrogens is 262 g/mol. The Labute approximate surface area is 124 Å². The number of amides is 1. The van der Waals surface area contributed by atoms with Gasteiger partial charge in [-0.05, 0) is 19.4 Å². The highest BCUT2D eigenvalue weighted by Crippen LogP contribution is 2.42. The first-order valence-electron chi connectivity index (χ1n) is 7.30. The molecule has 0 aromatic heterocycles. The van der Waals surface area contributed by atoms with Gasteiger partial charge < -0.3 is 10.0 Å². The minimum atomic E-state index is -1.36. The van der Waals surface area contributed by atoms with Gasteiger partial charge in [-0.3, -0.25) is 4.79 Å². The zero-order valence-electron chi connectivity index (χ0n) is 12.3. The molecule has 3 heteroatoms. The van der Waals surface area contributed by atoms with Gasteiger partial charge >= 0.3 is 0 Å². The molecule has 0 saturated heterocycles. The van der Waals surface area contributed by atoms with Gasteiger partial charge in [0.2, 0.25) is 0 Å². The summed E-state index contributed by atoms with van der Waals surface area (Å²) >= 11 is 0. The minimum Gasteiger partial charge on any atom is -0.363 e. The summed E-state index contributed by atoms with van der Waals surface area (Å²) in [5.74, 6) is -0.101. The van der Waals surface area contributed by atoms with Gasteiger partial charge in [-0.2, -0.15) is 0 Å². The number of nitrogens with zero attached hydrogens (tertiary/aromatic N) is 1. The molecule has 1 N–H and O–H groups in total. The standard InChI is InChI=1S/C18H19NO2/c1-3-12-19-17(20)15-6-4-5-7-16(15)18(19,21)14-10-8-13(2)9-11-14/h4-11,21H,3,12H2,1-2H3. The summed E-state index contributed by atoms with van der Waals surface area (Å²) in [5.41, 5.74) is 1.76. The molecule has 1 heterocycles. The highest BCUT2D eigenvalue weighted by atomic mass is 16.3. The molecule has 0 bridgehead atoms. The van der Waals surface area contributed by atoms with Crippen LogP contribution < -0.4 is 0 Å². The van der Waals surface area contributed by atoms with Crippen LogP contribution in [0.4, 0.5) is 0 Å². The van der Waals surface area contributed by atoms with Gasteiger partial charge in [0.05, 0.1) is 0 Å². The van der Waals surface area contributed by atoms with E-state index >= 15 is 0 Å². The van der Waals surface area contributed by atoms with Crippen LogP contribution in [0, 0.1) is 6.92 Å². The number of aryl methyl sites for hydroxylation is 1. The first kappa shape index (κ1) is 13.8. The maximum absolute atomic E-state index is 12.6. The SMILES string of the molecule is CCCN1C(=O)c2ccccc2C1(O)c1ccc(C)cc1. The monoisotopic (exact) mass is 281 g/mol. The highest BCUT2D eigenvalue weighted by molar-refractivity contribution is 6.00. The number of aliphatic hydroxyl groups is 1. The van der Waals surface area contributed by atoms with Crippen LogP contribution in [0.15, 0.2) is 48.5 Å². The zero-order valence-corrected chi connectivity index (χ0v) is 12.3. The Kier molecular flexibility index (Phi) is 3.30. The molecule has 2 aromatic carbocycles. The Morgan fingerprint density at radius 2 is 1.76 bits per heavy atom. The fourth-order valence-electron chi connectivity index (χ4n) is 3.00. The molecule has 1 amide bonds. The second-order valence-electron chi connectivity index (χ2n) is 5.54. The quantitative estimate of drug-likeness (QED) is 0.939. The molecule has 1 atom stereocenters. The van der Waals surface area contributed by atoms with E-state index in [1.165, 1.54) is 0 Å². The lowest BCUT2D eigenvalue weighted by Crippen LogP contribution is -2.45. The summed E-state index contributed by atoms with van der Waals surface area (Å²) < 4.78 is 0. The molecule has 1 unspecified atom stereocenters. The Balaban J connectivity index is 2.21. The van der Waals surface area contributed by atoms with Crippen molar-refractivity contribution in [2.75, 3.05) is 6.54 Å². The van der Waals surface area contributed by atoms with Crippen LogP contribution in [0.2, 0.25) is 0 Å². The molecule has 3 nitrogen and oxygen atoms in total. The number of rotatable bonds is 3. The summed E-state index contributed by atoms with van der Waals surface area (Å²) in [7, 11) is 0. The number of benzene rings is 2. The second-order valence-corrected chi connectivity index (χ2v) is 5.54. The number of carbonyl (C=O) groups is 1. The molecule has 3 rings (SSSR count). The minimum absolute atomic E-state index is 0.101. The normalized spacial score (nSPS) is 20.7. The second kappa shape index (κ2) is 5.01. The summed E-state index contributed by atoms with van der Waals surface area (Å²) in [6.07, 6.45) is 0.800. The van der Waals surface area contributed by atoms with E-state index in [0.29, 0.717) is 17.7 Å². The number of hydrogen-bond donors (Lipinski definition) is 1. The topological polar surface area (TPSA) is 40.5 Å². The molecular formula is C18H19NO2. The Morgan fingerprint density at radius 3 is 2.43 bits per heavy atom. The molecule has 0 saturated carbocycles. The molecule has 0 spiro atoms. The van der Waals surface area contributed by atoms with Crippen molar-refractivity contribution < 1.29 is 9.90 Å². The van der Waals surface area contributed by atoms with Crippen LogP contribution in [-0.2, 0) is 5.72 Å². The molecule has 1 aliphatic heterocycles. The molecule has 0 fully saturated rings. The fraction of sp³-hybridized carbons (Fsp3) is 0.278. The van der Waals surface area contributed by atoms with E-state index in [1.807, 2.05) is 56.3 Å². The maximum Gasteiger partial charge on any atom is 0.257 e. The van der Waals surface area contributed by atoms with Gasteiger partial charge in [0, 0.05) is 23.2 Å². The van der Waals surface area contributed by atoms with E-state index in [4.69, 9.17) is 0 Å². The van der Waals surface area contributed by atoms with Crippen molar-refractivity contribution in [1.29, 1.82) is 0 Å². The van der Waals surface area contributed by atoms with Gasteiger partial charge in [0.1, 0.15) is 0 Å². The number of hydrogen-bond acceptors (Lipinski definition) is 2. The molecule has 2 aromatic rings. The Bertz CT molecular complexity index is 678. The molecule has 0 radical (unpaired) electrons. The van der Waals surface area contributed by atoms with Gasteiger partial charge in [0.15, 0.2) is 5.72 Å². The van der Waals surface area contributed by atoms with Crippen LogP contribution in [0.3, 0.4) is 0 Å². The lowest BCUT2D eigenvalue weighted by Gasteiger charge is -2.34. The van der Waals surface area contributed by atoms with E-state index in [0.717, 1.165) is 17.5 Å². The first-order chi connectivity index (χ1) is 10.1. The summed E-state index contributed by atoms with van der Waals surface area (Å²) in [5, 5.41) is 11.4. The summed E-state index contributed by atoms with van der Waals surface area (Å²) in [4.78, 5) is 14.2. The fourth-order valence-corrected chi connectivity index (χ4v) is 3.00. The van der Waals surface area contributed by atoms with Crippen molar-refractivity contribution in [1.82, 2.24) is 4.90 Å². The van der Waals surface area contributed by atoms with Gasteiger partial charge in [-0.25, -0.2) is 0 Å². The largest absolute Gasteiger partial charge is 0.363 e. The average Bonchev–Trinajstić information content (AvgIpc) is 2.72. The smallest absolute Gasteiger partial charge is 0.257 e. The van der Waals surface area contributed by atoms with Crippen LogP contribution in [-0.4, -0.2) is 22.5 Å². The van der Waals surface area contributed by atoms with Gasteiger partial charge in [-0.15, -0.1) is 0 Å². The van der Waals surface area contributed by atoms with Crippen molar-refractivity contribution in [3.63, 3.8) is 0 Å². The Hall–Kier alpha value is -2.13. The van der Waals surface area contributed by atoms with Crippen molar-refractivity contribution in [3.8, 4) is 0 Å². The predicted molar refractivity (Wildman–Crippen MR) is 81.9 cm³/mol. The van der Waals surface area contributed by atoms with Crippen molar-refractivity contribution in [3.05, 3.63) is 70.8 Å².